The van der Waals surface area contributed by atoms with Gasteiger partial charge in [-0.3, -0.25) is 0 Å². The summed E-state index contributed by atoms with van der Waals surface area (Å²) in [5.74, 6) is 0.369. The average Bonchev–Trinajstić information content (AvgIpc) is 2.44. The van der Waals surface area contributed by atoms with Crippen LogP contribution in [0, 0.1) is 5.92 Å². The summed E-state index contributed by atoms with van der Waals surface area (Å²) in [6.45, 7) is 0.880. The van der Waals surface area contributed by atoms with E-state index < -0.39 is 0 Å². The largest absolute Gasteiger partial charge is 0.445 e. The molecule has 2 N–H and O–H groups in total. The first-order chi connectivity index (χ1) is 9.24. The first-order valence-electron chi connectivity index (χ1n) is 6.86. The van der Waals surface area contributed by atoms with Crippen molar-refractivity contribution in [3.05, 3.63) is 35.9 Å². The highest BCUT2D eigenvalue weighted by molar-refractivity contribution is 5.67. The van der Waals surface area contributed by atoms with Crippen LogP contribution < -0.4 is 5.32 Å². The lowest BCUT2D eigenvalue weighted by molar-refractivity contribution is 0.0967. The maximum atomic E-state index is 11.5. The van der Waals surface area contributed by atoms with Crippen molar-refractivity contribution in [2.45, 2.75) is 38.4 Å². The average molecular weight is 263 g/mol. The Kier molecular flexibility index (Phi) is 5.21. The number of nitrogens with one attached hydrogen (secondary N) is 1. The number of aliphatic hydroxyl groups is 1. The summed E-state index contributed by atoms with van der Waals surface area (Å²) < 4.78 is 5.13. The summed E-state index contributed by atoms with van der Waals surface area (Å²) in [6, 6.07) is 9.60. The molecular formula is C15H21NO3. The van der Waals surface area contributed by atoms with Gasteiger partial charge in [0.1, 0.15) is 6.61 Å². The van der Waals surface area contributed by atoms with Crippen LogP contribution in [0.4, 0.5) is 4.79 Å². The molecule has 2 atom stereocenters. The van der Waals surface area contributed by atoms with Gasteiger partial charge in [-0.25, -0.2) is 4.79 Å². The van der Waals surface area contributed by atoms with Crippen molar-refractivity contribution in [2.75, 3.05) is 6.54 Å². The lowest BCUT2D eigenvalue weighted by atomic mass is 9.87. The normalized spacial score (nSPS) is 22.8. The van der Waals surface area contributed by atoms with Crippen LogP contribution in [0.1, 0.15) is 31.2 Å². The van der Waals surface area contributed by atoms with Gasteiger partial charge >= 0.3 is 6.09 Å². The van der Waals surface area contributed by atoms with Gasteiger partial charge in [0.2, 0.25) is 0 Å². The van der Waals surface area contributed by atoms with E-state index in [0.29, 0.717) is 19.1 Å². The Morgan fingerprint density at radius 2 is 2.11 bits per heavy atom. The zero-order valence-corrected chi connectivity index (χ0v) is 11.0. The summed E-state index contributed by atoms with van der Waals surface area (Å²) in [5.41, 5.74) is 0.978. The summed E-state index contributed by atoms with van der Waals surface area (Å²) in [5, 5.41) is 12.3. The summed E-state index contributed by atoms with van der Waals surface area (Å²) in [4.78, 5) is 11.5. The molecule has 0 radical (unpaired) electrons. The summed E-state index contributed by atoms with van der Waals surface area (Å²) in [7, 11) is 0. The number of carbonyl (C=O) groups is 1. The molecule has 0 heterocycles. The highest BCUT2D eigenvalue weighted by atomic mass is 16.5. The fourth-order valence-corrected chi connectivity index (χ4v) is 2.45. The monoisotopic (exact) mass is 263 g/mol. The van der Waals surface area contributed by atoms with Gasteiger partial charge < -0.3 is 15.2 Å². The van der Waals surface area contributed by atoms with Crippen molar-refractivity contribution in [3.8, 4) is 0 Å². The highest BCUT2D eigenvalue weighted by Crippen LogP contribution is 2.23. The van der Waals surface area contributed by atoms with Gasteiger partial charge in [0.25, 0.3) is 0 Å². The number of carbonyl (C=O) groups excluding carboxylic acids is 1. The molecule has 1 aromatic carbocycles. The van der Waals surface area contributed by atoms with Crippen molar-refractivity contribution in [1.82, 2.24) is 5.32 Å². The number of hydrogen-bond acceptors (Lipinski definition) is 3. The molecule has 1 saturated carbocycles. The van der Waals surface area contributed by atoms with E-state index in [0.717, 1.165) is 31.2 Å². The van der Waals surface area contributed by atoms with Gasteiger partial charge in [-0.15, -0.1) is 0 Å². The van der Waals surface area contributed by atoms with E-state index in [1.165, 1.54) is 0 Å². The van der Waals surface area contributed by atoms with E-state index in [-0.39, 0.29) is 12.2 Å². The van der Waals surface area contributed by atoms with Gasteiger partial charge in [-0.05, 0) is 30.7 Å². The minimum absolute atomic E-state index is 0.208. The van der Waals surface area contributed by atoms with Crippen molar-refractivity contribution >= 4 is 6.09 Å². The molecule has 4 nitrogen and oxygen atoms in total. The number of ether oxygens (including phenoxy) is 1. The zero-order valence-electron chi connectivity index (χ0n) is 11.0. The third-order valence-electron chi connectivity index (χ3n) is 3.50. The fraction of sp³-hybridized carbons (Fsp3) is 0.533. The van der Waals surface area contributed by atoms with E-state index in [2.05, 4.69) is 5.32 Å². The molecule has 1 aromatic rings. The van der Waals surface area contributed by atoms with Crippen LogP contribution in [0.3, 0.4) is 0 Å². The van der Waals surface area contributed by atoms with Crippen LogP contribution in [0.2, 0.25) is 0 Å². The fourth-order valence-electron chi connectivity index (χ4n) is 2.45. The number of benzene rings is 1. The van der Waals surface area contributed by atoms with Crippen LogP contribution in [0.15, 0.2) is 30.3 Å². The Morgan fingerprint density at radius 3 is 2.84 bits per heavy atom. The van der Waals surface area contributed by atoms with Gasteiger partial charge in [0.05, 0.1) is 6.10 Å². The number of rotatable bonds is 4. The van der Waals surface area contributed by atoms with Crippen molar-refractivity contribution in [1.29, 1.82) is 0 Å². The Labute approximate surface area is 113 Å². The molecule has 0 saturated heterocycles. The number of alkyl carbamates (subject to hydrolysis) is 1. The van der Waals surface area contributed by atoms with Crippen LogP contribution in [0.25, 0.3) is 0 Å². The van der Waals surface area contributed by atoms with Gasteiger partial charge in [0.15, 0.2) is 0 Å². The number of hydrogen-bond donors (Lipinski definition) is 2. The molecule has 1 fully saturated rings. The molecule has 0 aliphatic heterocycles. The maximum Gasteiger partial charge on any atom is 0.407 e. The predicted octanol–water partition coefficient (Wildman–Crippen LogP) is 2.46. The molecule has 104 valence electrons. The lowest BCUT2D eigenvalue weighted by Crippen LogP contribution is -2.33. The molecule has 2 rings (SSSR count). The van der Waals surface area contributed by atoms with E-state index in [1.54, 1.807) is 0 Å². The Morgan fingerprint density at radius 1 is 1.32 bits per heavy atom. The van der Waals surface area contributed by atoms with E-state index in [4.69, 9.17) is 4.74 Å². The molecule has 4 heteroatoms. The topological polar surface area (TPSA) is 58.6 Å². The molecule has 1 aliphatic carbocycles. The van der Waals surface area contributed by atoms with Gasteiger partial charge in [-0.1, -0.05) is 36.8 Å². The third kappa shape index (κ3) is 4.91. The SMILES string of the molecule is O=C(NC[C@H]1CCC[C@@H](O)C1)OCc1ccccc1. The number of amides is 1. The van der Waals surface area contributed by atoms with Crippen molar-refractivity contribution < 1.29 is 14.6 Å². The molecular weight excluding hydrogens is 242 g/mol. The standard InChI is InChI=1S/C15H21NO3/c17-14-8-4-7-13(9-14)10-16-15(18)19-11-12-5-2-1-3-6-12/h1-3,5-6,13-14,17H,4,7-11H2,(H,16,18)/t13-,14+/m0/s1. The van der Waals surface area contributed by atoms with Crippen LogP contribution in [-0.2, 0) is 11.3 Å². The van der Waals surface area contributed by atoms with Crippen molar-refractivity contribution in [2.24, 2.45) is 5.92 Å². The molecule has 0 bridgehead atoms. The van der Waals surface area contributed by atoms with E-state index in [9.17, 15) is 9.90 Å². The predicted molar refractivity (Wildman–Crippen MR) is 72.6 cm³/mol. The van der Waals surface area contributed by atoms with Crippen LogP contribution in [0.5, 0.6) is 0 Å². The van der Waals surface area contributed by atoms with E-state index >= 15 is 0 Å². The number of aliphatic hydroxyl groups excluding tert-OH is 1. The first kappa shape index (κ1) is 13.9. The summed E-state index contributed by atoms with van der Waals surface area (Å²) >= 11 is 0. The van der Waals surface area contributed by atoms with Gasteiger partial charge in [0, 0.05) is 6.54 Å². The van der Waals surface area contributed by atoms with Crippen LogP contribution >= 0.6 is 0 Å². The molecule has 0 aromatic heterocycles. The van der Waals surface area contributed by atoms with E-state index in [1.807, 2.05) is 30.3 Å². The zero-order chi connectivity index (χ0) is 13.5. The minimum atomic E-state index is -0.385. The smallest absolute Gasteiger partial charge is 0.407 e. The van der Waals surface area contributed by atoms with Crippen LogP contribution in [-0.4, -0.2) is 23.8 Å². The molecule has 0 spiro atoms. The maximum absolute atomic E-state index is 11.5. The second-order valence-corrected chi connectivity index (χ2v) is 5.13. The second kappa shape index (κ2) is 7.14. The highest BCUT2D eigenvalue weighted by Gasteiger charge is 2.20. The molecule has 1 amide bonds. The Hall–Kier alpha value is -1.55. The molecule has 1 aliphatic rings. The van der Waals surface area contributed by atoms with Gasteiger partial charge in [-0.2, -0.15) is 0 Å². The Bertz CT molecular complexity index is 394. The summed E-state index contributed by atoms with van der Waals surface area (Å²) in [6.07, 6.45) is 3.17. The molecule has 19 heavy (non-hydrogen) atoms. The first-order valence-corrected chi connectivity index (χ1v) is 6.86. The third-order valence-corrected chi connectivity index (χ3v) is 3.50. The molecule has 0 unspecified atom stereocenters. The lowest BCUT2D eigenvalue weighted by Gasteiger charge is -2.25. The Balaban J connectivity index is 1.64. The quantitative estimate of drug-likeness (QED) is 0.877. The minimum Gasteiger partial charge on any atom is -0.445 e. The second-order valence-electron chi connectivity index (χ2n) is 5.13. The van der Waals surface area contributed by atoms with Crippen molar-refractivity contribution in [3.63, 3.8) is 0 Å².